The van der Waals surface area contributed by atoms with Gasteiger partial charge in [-0.05, 0) is 13.1 Å². The maximum absolute atomic E-state index is 11.1. The minimum atomic E-state index is 0.0181. The van der Waals surface area contributed by atoms with Gasteiger partial charge in [0.15, 0.2) is 0 Å². The fourth-order valence-corrected chi connectivity index (χ4v) is 1.02. The predicted octanol–water partition coefficient (Wildman–Crippen LogP) is 0.433. The summed E-state index contributed by atoms with van der Waals surface area (Å²) >= 11 is 0. The van der Waals surface area contributed by atoms with E-state index in [2.05, 4.69) is 18.7 Å². The highest BCUT2D eigenvalue weighted by Crippen LogP contribution is 1.88. The van der Waals surface area contributed by atoms with E-state index < -0.39 is 0 Å². The van der Waals surface area contributed by atoms with E-state index >= 15 is 0 Å². The second kappa shape index (κ2) is 7.76. The highest BCUT2D eigenvalue weighted by atomic mass is 16.5. The first-order valence-corrected chi connectivity index (χ1v) is 5.12. The molecule has 4 heteroatoms. The summed E-state index contributed by atoms with van der Waals surface area (Å²) in [5.41, 5.74) is 0. The molecule has 0 aromatic carbocycles. The molecule has 0 aliphatic rings. The number of carbonyl (C=O) groups is 1. The van der Waals surface area contributed by atoms with Crippen molar-refractivity contribution in [1.29, 1.82) is 0 Å². The molecule has 1 amide bonds. The van der Waals surface area contributed by atoms with Crippen LogP contribution in [0.1, 0.15) is 13.8 Å². The van der Waals surface area contributed by atoms with E-state index in [-0.39, 0.29) is 12.5 Å². The van der Waals surface area contributed by atoms with Gasteiger partial charge in [0.2, 0.25) is 5.91 Å². The van der Waals surface area contributed by atoms with Crippen LogP contribution in [0, 0.1) is 0 Å². The summed E-state index contributed by atoms with van der Waals surface area (Å²) in [6.07, 6.45) is 0. The third-order valence-corrected chi connectivity index (χ3v) is 2.17. The van der Waals surface area contributed by atoms with E-state index in [1.807, 2.05) is 0 Å². The first-order valence-electron chi connectivity index (χ1n) is 5.12. The Morgan fingerprint density at radius 2 is 1.79 bits per heavy atom. The van der Waals surface area contributed by atoms with E-state index in [9.17, 15) is 4.79 Å². The van der Waals surface area contributed by atoms with Gasteiger partial charge in [0.05, 0.1) is 6.61 Å². The summed E-state index contributed by atoms with van der Waals surface area (Å²) in [6.45, 7) is 8.01. The van der Waals surface area contributed by atoms with Crippen LogP contribution in [0.5, 0.6) is 0 Å². The minimum Gasteiger partial charge on any atom is -0.370 e. The minimum absolute atomic E-state index is 0.0181. The van der Waals surface area contributed by atoms with Gasteiger partial charge in [0.25, 0.3) is 0 Å². The molecule has 0 bridgehead atoms. The van der Waals surface area contributed by atoms with Crippen molar-refractivity contribution in [3.63, 3.8) is 0 Å². The molecule has 14 heavy (non-hydrogen) atoms. The molecule has 0 unspecified atom stereocenters. The number of likely N-dealkylation sites (N-methyl/N-ethyl adjacent to an activating group) is 2. The van der Waals surface area contributed by atoms with Gasteiger partial charge in [-0.1, -0.05) is 13.8 Å². The van der Waals surface area contributed by atoms with Gasteiger partial charge in [-0.25, -0.2) is 0 Å². The average molecular weight is 202 g/mol. The van der Waals surface area contributed by atoms with Gasteiger partial charge in [-0.15, -0.1) is 0 Å². The van der Waals surface area contributed by atoms with Crippen LogP contribution >= 0.6 is 0 Å². The van der Waals surface area contributed by atoms with E-state index in [1.165, 1.54) is 4.90 Å². The second-order valence-corrected chi connectivity index (χ2v) is 3.37. The predicted molar refractivity (Wildman–Crippen MR) is 57.3 cm³/mol. The SMILES string of the molecule is CCN(CC)CCOCC(=O)N(C)C. The molecule has 0 aliphatic carbocycles. The van der Waals surface area contributed by atoms with Gasteiger partial charge >= 0.3 is 0 Å². The molecule has 0 radical (unpaired) electrons. The molecule has 0 saturated carbocycles. The number of rotatable bonds is 7. The quantitative estimate of drug-likeness (QED) is 0.561. The molecule has 0 spiro atoms. The Kier molecular flexibility index (Phi) is 7.42. The van der Waals surface area contributed by atoms with Crippen LogP contribution in [0.25, 0.3) is 0 Å². The van der Waals surface area contributed by atoms with Gasteiger partial charge in [0, 0.05) is 20.6 Å². The summed E-state index contributed by atoms with van der Waals surface area (Å²) in [5, 5.41) is 0. The topological polar surface area (TPSA) is 32.8 Å². The van der Waals surface area contributed by atoms with E-state index in [4.69, 9.17) is 4.74 Å². The summed E-state index contributed by atoms with van der Waals surface area (Å²) in [6, 6.07) is 0. The lowest BCUT2D eigenvalue weighted by molar-refractivity contribution is -0.133. The van der Waals surface area contributed by atoms with E-state index in [1.54, 1.807) is 14.1 Å². The van der Waals surface area contributed by atoms with Crippen molar-refractivity contribution in [1.82, 2.24) is 9.80 Å². The van der Waals surface area contributed by atoms with Crippen molar-refractivity contribution >= 4 is 5.91 Å². The molecule has 0 atom stereocenters. The highest BCUT2D eigenvalue weighted by molar-refractivity contribution is 5.76. The normalized spacial score (nSPS) is 10.6. The molecule has 0 fully saturated rings. The number of hydrogen-bond donors (Lipinski definition) is 0. The summed E-state index contributed by atoms with van der Waals surface area (Å²) < 4.78 is 5.26. The largest absolute Gasteiger partial charge is 0.370 e. The standard InChI is InChI=1S/C10H22N2O2/c1-5-12(6-2)7-8-14-9-10(13)11(3)4/h5-9H2,1-4H3. The molecule has 84 valence electrons. The van der Waals surface area contributed by atoms with Gasteiger partial charge in [0.1, 0.15) is 6.61 Å². The Hall–Kier alpha value is -0.610. The number of carbonyl (C=O) groups excluding carboxylic acids is 1. The fourth-order valence-electron chi connectivity index (χ4n) is 1.02. The van der Waals surface area contributed by atoms with Crippen LogP contribution in [-0.2, 0) is 9.53 Å². The van der Waals surface area contributed by atoms with Crippen molar-refractivity contribution in [3.8, 4) is 0 Å². The zero-order chi connectivity index (χ0) is 11.0. The second-order valence-electron chi connectivity index (χ2n) is 3.37. The lowest BCUT2D eigenvalue weighted by atomic mass is 10.5. The van der Waals surface area contributed by atoms with Gasteiger partial charge in [-0.3, -0.25) is 4.79 Å². The van der Waals surface area contributed by atoms with Crippen LogP contribution < -0.4 is 0 Å². The zero-order valence-corrected chi connectivity index (χ0v) is 9.75. The Morgan fingerprint density at radius 1 is 1.21 bits per heavy atom. The fraction of sp³-hybridized carbons (Fsp3) is 0.900. The lowest BCUT2D eigenvalue weighted by Gasteiger charge is -2.18. The average Bonchev–Trinajstić information content (AvgIpc) is 2.17. The Morgan fingerprint density at radius 3 is 2.21 bits per heavy atom. The summed E-state index contributed by atoms with van der Waals surface area (Å²) in [5.74, 6) is 0.0181. The molecular formula is C10H22N2O2. The number of ether oxygens (including phenoxy) is 1. The molecule has 0 aromatic rings. The third-order valence-electron chi connectivity index (χ3n) is 2.17. The summed E-state index contributed by atoms with van der Waals surface area (Å²) in [7, 11) is 3.46. The first kappa shape index (κ1) is 13.4. The molecule has 0 N–H and O–H groups in total. The summed E-state index contributed by atoms with van der Waals surface area (Å²) in [4.78, 5) is 14.9. The van der Waals surface area contributed by atoms with Crippen molar-refractivity contribution in [3.05, 3.63) is 0 Å². The molecule has 0 aromatic heterocycles. The van der Waals surface area contributed by atoms with Crippen molar-refractivity contribution in [2.75, 3.05) is 46.9 Å². The Labute approximate surface area is 86.8 Å². The lowest BCUT2D eigenvalue weighted by Crippen LogP contribution is -2.30. The van der Waals surface area contributed by atoms with Crippen LogP contribution in [-0.4, -0.2) is 62.7 Å². The smallest absolute Gasteiger partial charge is 0.248 e. The Balaban J connectivity index is 3.41. The zero-order valence-electron chi connectivity index (χ0n) is 9.75. The number of amides is 1. The van der Waals surface area contributed by atoms with Crippen molar-refractivity contribution in [2.24, 2.45) is 0 Å². The molecule has 0 rings (SSSR count). The van der Waals surface area contributed by atoms with E-state index in [0.717, 1.165) is 19.6 Å². The van der Waals surface area contributed by atoms with E-state index in [0.29, 0.717) is 6.61 Å². The first-order chi connectivity index (χ1) is 6.61. The van der Waals surface area contributed by atoms with Crippen LogP contribution in [0.4, 0.5) is 0 Å². The van der Waals surface area contributed by atoms with Crippen LogP contribution in [0.15, 0.2) is 0 Å². The molecule has 0 aliphatic heterocycles. The maximum atomic E-state index is 11.1. The number of hydrogen-bond acceptors (Lipinski definition) is 3. The molecular weight excluding hydrogens is 180 g/mol. The monoisotopic (exact) mass is 202 g/mol. The van der Waals surface area contributed by atoms with Crippen molar-refractivity contribution < 1.29 is 9.53 Å². The van der Waals surface area contributed by atoms with Gasteiger partial charge in [-0.2, -0.15) is 0 Å². The number of nitrogens with zero attached hydrogens (tertiary/aromatic N) is 2. The third kappa shape index (κ3) is 5.94. The molecule has 0 heterocycles. The molecule has 4 nitrogen and oxygen atoms in total. The van der Waals surface area contributed by atoms with Gasteiger partial charge < -0.3 is 14.5 Å². The Bertz CT molecular complexity index is 156. The van der Waals surface area contributed by atoms with Crippen molar-refractivity contribution in [2.45, 2.75) is 13.8 Å². The van der Waals surface area contributed by atoms with Crippen LogP contribution in [0.3, 0.4) is 0 Å². The maximum Gasteiger partial charge on any atom is 0.248 e. The molecule has 0 saturated heterocycles. The highest BCUT2D eigenvalue weighted by Gasteiger charge is 2.04. The van der Waals surface area contributed by atoms with Crippen LogP contribution in [0.2, 0.25) is 0 Å².